The van der Waals surface area contributed by atoms with Crippen molar-refractivity contribution < 1.29 is 4.42 Å². The third-order valence-corrected chi connectivity index (χ3v) is 3.39. The van der Waals surface area contributed by atoms with E-state index >= 15 is 0 Å². The average molecular weight is 247 g/mol. The van der Waals surface area contributed by atoms with Crippen molar-refractivity contribution in [2.45, 2.75) is 18.1 Å². The number of hydrogen-bond acceptors (Lipinski definition) is 5. The van der Waals surface area contributed by atoms with Crippen molar-refractivity contribution in [2.24, 2.45) is 0 Å². The van der Waals surface area contributed by atoms with E-state index in [9.17, 15) is 0 Å². The van der Waals surface area contributed by atoms with Gasteiger partial charge in [-0.3, -0.25) is 0 Å². The summed E-state index contributed by atoms with van der Waals surface area (Å²) in [5.74, 6) is 0.600. The van der Waals surface area contributed by atoms with E-state index < -0.39 is 0 Å². The van der Waals surface area contributed by atoms with Gasteiger partial charge in [0.2, 0.25) is 5.89 Å². The zero-order chi connectivity index (χ0) is 11.7. The predicted molar refractivity (Wildman–Crippen MR) is 68.3 cm³/mol. The van der Waals surface area contributed by atoms with Gasteiger partial charge in [0.1, 0.15) is 0 Å². The SMILES string of the molecule is CSc1nnc(-c2ccc3c(c2)CCCN3)o1. The van der Waals surface area contributed by atoms with Gasteiger partial charge in [-0.2, -0.15) is 0 Å². The van der Waals surface area contributed by atoms with Gasteiger partial charge in [-0.1, -0.05) is 11.8 Å². The number of anilines is 1. The fraction of sp³-hybridized carbons (Fsp3) is 0.333. The van der Waals surface area contributed by atoms with Crippen LogP contribution in [0, 0.1) is 0 Å². The molecule has 1 aromatic carbocycles. The van der Waals surface area contributed by atoms with Crippen LogP contribution >= 0.6 is 11.8 Å². The Morgan fingerprint density at radius 3 is 3.12 bits per heavy atom. The van der Waals surface area contributed by atoms with Crippen LogP contribution < -0.4 is 5.32 Å². The standard InChI is InChI=1S/C12H13N3OS/c1-17-12-15-14-11(16-12)9-4-5-10-8(7-9)3-2-6-13-10/h4-5,7,13H,2-3,6H2,1H3. The monoisotopic (exact) mass is 247 g/mol. The Morgan fingerprint density at radius 2 is 2.29 bits per heavy atom. The fourth-order valence-electron chi connectivity index (χ4n) is 2.02. The number of thioether (sulfide) groups is 1. The molecule has 3 rings (SSSR count). The number of nitrogens with one attached hydrogen (secondary N) is 1. The van der Waals surface area contributed by atoms with Crippen LogP contribution in [0.3, 0.4) is 0 Å². The number of benzene rings is 1. The minimum absolute atomic E-state index is 0.600. The summed E-state index contributed by atoms with van der Waals surface area (Å²) in [6.45, 7) is 1.06. The van der Waals surface area contributed by atoms with Crippen LogP contribution in [-0.4, -0.2) is 23.0 Å². The molecule has 1 N–H and O–H groups in total. The average Bonchev–Trinajstić information content (AvgIpc) is 2.87. The Morgan fingerprint density at radius 1 is 1.35 bits per heavy atom. The van der Waals surface area contributed by atoms with E-state index in [2.05, 4.69) is 27.6 Å². The highest BCUT2D eigenvalue weighted by molar-refractivity contribution is 7.98. The van der Waals surface area contributed by atoms with Crippen molar-refractivity contribution in [2.75, 3.05) is 18.1 Å². The normalized spacial score (nSPS) is 14.2. The van der Waals surface area contributed by atoms with E-state index in [0.717, 1.165) is 18.5 Å². The van der Waals surface area contributed by atoms with Crippen molar-refractivity contribution in [1.29, 1.82) is 0 Å². The maximum atomic E-state index is 5.53. The van der Waals surface area contributed by atoms with Gasteiger partial charge in [-0.15, -0.1) is 10.2 Å². The molecule has 88 valence electrons. The van der Waals surface area contributed by atoms with E-state index in [1.54, 1.807) is 0 Å². The van der Waals surface area contributed by atoms with Gasteiger partial charge in [0, 0.05) is 17.8 Å². The lowest BCUT2D eigenvalue weighted by Gasteiger charge is -2.17. The van der Waals surface area contributed by atoms with E-state index in [0.29, 0.717) is 11.1 Å². The minimum Gasteiger partial charge on any atom is -0.411 e. The highest BCUT2D eigenvalue weighted by atomic mass is 32.2. The number of rotatable bonds is 2. The zero-order valence-corrected chi connectivity index (χ0v) is 10.4. The van der Waals surface area contributed by atoms with Crippen molar-refractivity contribution in [3.05, 3.63) is 23.8 Å². The molecule has 1 aliphatic rings. The molecule has 1 aromatic heterocycles. The summed E-state index contributed by atoms with van der Waals surface area (Å²) in [5, 5.41) is 12.0. The molecule has 5 heteroatoms. The van der Waals surface area contributed by atoms with Gasteiger partial charge in [-0.25, -0.2) is 0 Å². The highest BCUT2D eigenvalue weighted by Crippen LogP contribution is 2.28. The van der Waals surface area contributed by atoms with E-state index in [4.69, 9.17) is 4.42 Å². The second-order valence-electron chi connectivity index (χ2n) is 3.98. The van der Waals surface area contributed by atoms with Crippen molar-refractivity contribution >= 4 is 17.4 Å². The van der Waals surface area contributed by atoms with Crippen molar-refractivity contribution in [3.63, 3.8) is 0 Å². The van der Waals surface area contributed by atoms with E-state index in [1.807, 2.05) is 12.3 Å². The minimum atomic E-state index is 0.600. The van der Waals surface area contributed by atoms with Crippen LogP contribution in [0.25, 0.3) is 11.5 Å². The lowest BCUT2D eigenvalue weighted by atomic mass is 10.0. The molecule has 2 aromatic rings. The summed E-state index contributed by atoms with van der Waals surface area (Å²) in [6.07, 6.45) is 4.21. The molecule has 4 nitrogen and oxygen atoms in total. The summed E-state index contributed by atoms with van der Waals surface area (Å²) in [7, 11) is 0. The molecular weight excluding hydrogens is 234 g/mol. The number of fused-ring (bicyclic) bond motifs is 1. The Labute approximate surface area is 104 Å². The van der Waals surface area contributed by atoms with Gasteiger partial charge < -0.3 is 9.73 Å². The van der Waals surface area contributed by atoms with Crippen LogP contribution in [-0.2, 0) is 6.42 Å². The van der Waals surface area contributed by atoms with Gasteiger partial charge in [0.05, 0.1) is 0 Å². The summed E-state index contributed by atoms with van der Waals surface area (Å²) < 4.78 is 5.53. The molecule has 0 atom stereocenters. The third-order valence-electron chi connectivity index (χ3n) is 2.87. The second kappa shape index (κ2) is 4.41. The smallest absolute Gasteiger partial charge is 0.276 e. The molecule has 0 amide bonds. The topological polar surface area (TPSA) is 51.0 Å². The molecule has 17 heavy (non-hydrogen) atoms. The van der Waals surface area contributed by atoms with Crippen LogP contribution in [0.15, 0.2) is 27.8 Å². The molecule has 1 aliphatic heterocycles. The summed E-state index contributed by atoms with van der Waals surface area (Å²) in [6, 6.07) is 6.25. The number of aromatic nitrogens is 2. The maximum absolute atomic E-state index is 5.53. The molecule has 0 fully saturated rings. The Bertz CT molecular complexity index is 538. The molecule has 0 unspecified atom stereocenters. The van der Waals surface area contributed by atoms with E-state index in [-0.39, 0.29) is 0 Å². The first-order chi connectivity index (χ1) is 8.36. The van der Waals surface area contributed by atoms with Crippen LogP contribution in [0.1, 0.15) is 12.0 Å². The lowest BCUT2D eigenvalue weighted by Crippen LogP contribution is -2.11. The largest absolute Gasteiger partial charge is 0.411 e. The number of aryl methyl sites for hydroxylation is 1. The first kappa shape index (κ1) is 10.7. The summed E-state index contributed by atoms with van der Waals surface area (Å²) >= 11 is 1.46. The molecular formula is C12H13N3OS. The van der Waals surface area contributed by atoms with E-state index in [1.165, 1.54) is 29.4 Å². The first-order valence-corrected chi connectivity index (χ1v) is 6.84. The molecule has 0 saturated carbocycles. The molecule has 0 aliphatic carbocycles. The quantitative estimate of drug-likeness (QED) is 0.827. The Kier molecular flexibility index (Phi) is 2.76. The highest BCUT2D eigenvalue weighted by Gasteiger charge is 2.12. The Balaban J connectivity index is 1.97. The third kappa shape index (κ3) is 2.02. The number of nitrogens with zero attached hydrogens (tertiary/aromatic N) is 2. The zero-order valence-electron chi connectivity index (χ0n) is 9.56. The molecule has 0 radical (unpaired) electrons. The Hall–Kier alpha value is -1.49. The van der Waals surface area contributed by atoms with Crippen molar-refractivity contribution in [3.8, 4) is 11.5 Å². The molecule has 0 spiro atoms. The van der Waals surface area contributed by atoms with Gasteiger partial charge in [-0.05, 0) is 42.9 Å². The molecule has 0 saturated heterocycles. The van der Waals surface area contributed by atoms with Crippen LogP contribution in [0.5, 0.6) is 0 Å². The van der Waals surface area contributed by atoms with Crippen molar-refractivity contribution in [1.82, 2.24) is 10.2 Å². The maximum Gasteiger partial charge on any atom is 0.276 e. The van der Waals surface area contributed by atoms with Gasteiger partial charge >= 0.3 is 0 Å². The fourth-order valence-corrected chi connectivity index (χ4v) is 2.30. The summed E-state index contributed by atoms with van der Waals surface area (Å²) in [5.41, 5.74) is 3.56. The number of hydrogen-bond donors (Lipinski definition) is 1. The first-order valence-electron chi connectivity index (χ1n) is 5.61. The van der Waals surface area contributed by atoms with Crippen LogP contribution in [0.2, 0.25) is 0 Å². The van der Waals surface area contributed by atoms with Gasteiger partial charge in [0.15, 0.2) is 0 Å². The second-order valence-corrected chi connectivity index (χ2v) is 4.74. The van der Waals surface area contributed by atoms with Gasteiger partial charge in [0.25, 0.3) is 5.22 Å². The predicted octanol–water partition coefficient (Wildman–Crippen LogP) is 2.82. The molecule has 0 bridgehead atoms. The van der Waals surface area contributed by atoms with Crippen LogP contribution in [0.4, 0.5) is 5.69 Å². The lowest BCUT2D eigenvalue weighted by molar-refractivity contribution is 0.466. The summed E-state index contributed by atoms with van der Waals surface area (Å²) in [4.78, 5) is 0. The molecule has 2 heterocycles.